The molecule has 3 heteroatoms. The Morgan fingerprint density at radius 1 is 0.348 bits per heavy atom. The number of furan rings is 2. The molecule has 2 atom stereocenters. The van der Waals surface area contributed by atoms with Crippen LogP contribution in [0.3, 0.4) is 0 Å². The van der Waals surface area contributed by atoms with Gasteiger partial charge in [0.15, 0.2) is 0 Å². The molecule has 0 fully saturated rings. The fourth-order valence-corrected chi connectivity index (χ4v) is 14.9. The molecule has 0 saturated carbocycles. The number of rotatable bonds is 9. The van der Waals surface area contributed by atoms with Gasteiger partial charge in [0.05, 0.1) is 6.04 Å². The molecular weight excluding hydrogens is 1080 g/mol. The third kappa shape index (κ3) is 8.34. The van der Waals surface area contributed by atoms with Crippen molar-refractivity contribution < 1.29 is 8.83 Å². The van der Waals surface area contributed by atoms with Crippen molar-refractivity contribution in [3.63, 3.8) is 0 Å². The normalized spacial score (nSPS) is 15.3. The van der Waals surface area contributed by atoms with E-state index in [0.717, 1.165) is 107 Å². The lowest BCUT2D eigenvalue weighted by molar-refractivity contribution is 0.668. The predicted octanol–water partition coefficient (Wildman–Crippen LogP) is 23.8. The second-order valence-corrected chi connectivity index (χ2v) is 24.0. The predicted molar refractivity (Wildman–Crippen MR) is 374 cm³/mol. The molecule has 15 aromatic rings. The Bertz CT molecular complexity index is 5410. The van der Waals surface area contributed by atoms with Crippen LogP contribution >= 0.6 is 0 Å². The average Bonchev–Trinajstić information content (AvgIpc) is 2.16. The Morgan fingerprint density at radius 3 is 1.31 bits per heavy atom. The van der Waals surface area contributed by atoms with E-state index < -0.39 is 0 Å². The zero-order valence-electron chi connectivity index (χ0n) is 48.8. The number of fused-ring (bicyclic) bond motifs is 11. The van der Waals surface area contributed by atoms with Gasteiger partial charge in [-0.05, 0) is 131 Å². The van der Waals surface area contributed by atoms with Crippen LogP contribution in [-0.4, -0.2) is 6.04 Å². The first-order chi connectivity index (χ1) is 44.1. The second-order valence-electron chi connectivity index (χ2n) is 24.0. The maximum atomic E-state index is 7.16. The number of benzene rings is 13. The molecule has 0 N–H and O–H groups in total. The van der Waals surface area contributed by atoms with Crippen LogP contribution in [0.4, 0.5) is 11.4 Å². The van der Waals surface area contributed by atoms with Crippen LogP contribution in [0, 0.1) is 0 Å². The van der Waals surface area contributed by atoms with Gasteiger partial charge >= 0.3 is 0 Å². The quantitative estimate of drug-likeness (QED) is 0.135. The summed E-state index contributed by atoms with van der Waals surface area (Å²) in [6, 6.07) is 99.9. The molecule has 1 aliphatic heterocycles. The van der Waals surface area contributed by atoms with Crippen molar-refractivity contribution in [2.45, 2.75) is 24.8 Å². The lowest BCUT2D eigenvalue weighted by Crippen LogP contribution is -2.28. The van der Waals surface area contributed by atoms with Crippen molar-refractivity contribution in [3.8, 4) is 66.8 Å². The van der Waals surface area contributed by atoms with Gasteiger partial charge in [-0.25, -0.2) is 0 Å². The molecule has 0 saturated heterocycles. The Balaban J connectivity index is 0.762. The van der Waals surface area contributed by atoms with Crippen molar-refractivity contribution in [2.75, 3.05) is 4.90 Å². The zero-order valence-corrected chi connectivity index (χ0v) is 48.8. The van der Waals surface area contributed by atoms with E-state index in [1.54, 1.807) is 0 Å². The van der Waals surface area contributed by atoms with E-state index in [9.17, 15) is 0 Å². The van der Waals surface area contributed by atoms with E-state index >= 15 is 0 Å². The van der Waals surface area contributed by atoms with Gasteiger partial charge in [0.2, 0.25) is 0 Å². The van der Waals surface area contributed by atoms with E-state index in [0.29, 0.717) is 0 Å². The van der Waals surface area contributed by atoms with Crippen molar-refractivity contribution in [2.24, 2.45) is 0 Å². The lowest BCUT2D eigenvalue weighted by Gasteiger charge is -2.30. The Labute approximate surface area is 516 Å². The summed E-state index contributed by atoms with van der Waals surface area (Å²) in [6.45, 7) is 0. The smallest absolute Gasteiger partial charge is 0.143 e. The maximum Gasteiger partial charge on any atom is 0.143 e. The van der Waals surface area contributed by atoms with Crippen molar-refractivity contribution in [1.82, 2.24) is 0 Å². The number of hydrogen-bond donors (Lipinski definition) is 0. The van der Waals surface area contributed by atoms with Gasteiger partial charge in [-0.3, -0.25) is 0 Å². The minimum Gasteiger partial charge on any atom is -0.455 e. The molecule has 89 heavy (non-hydrogen) atoms. The molecule has 0 radical (unpaired) electrons. The van der Waals surface area contributed by atoms with E-state index in [4.69, 9.17) is 8.83 Å². The monoisotopic (exact) mass is 1140 g/mol. The number of hydrogen-bond acceptors (Lipinski definition) is 3. The summed E-state index contributed by atoms with van der Waals surface area (Å²) in [6.07, 6.45) is 16.1. The van der Waals surface area contributed by atoms with Gasteiger partial charge in [0.25, 0.3) is 0 Å². The summed E-state index contributed by atoms with van der Waals surface area (Å²) in [7, 11) is 0. The molecule has 3 aliphatic rings. The van der Waals surface area contributed by atoms with Crippen LogP contribution in [0.5, 0.6) is 0 Å². The highest BCUT2D eigenvalue weighted by atomic mass is 16.3. The summed E-state index contributed by atoms with van der Waals surface area (Å²) in [5.41, 5.74) is 26.0. The Kier molecular flexibility index (Phi) is 11.9. The summed E-state index contributed by atoms with van der Waals surface area (Å²) in [5.74, 6) is 0.00635. The largest absolute Gasteiger partial charge is 0.455 e. The number of nitrogens with zero attached hydrogens (tertiary/aromatic N) is 1. The van der Waals surface area contributed by atoms with Crippen molar-refractivity contribution >= 4 is 87.9 Å². The van der Waals surface area contributed by atoms with Crippen LogP contribution in [0.2, 0.25) is 0 Å². The summed E-state index contributed by atoms with van der Waals surface area (Å²) >= 11 is 0. The molecule has 0 spiro atoms. The third-order valence-corrected chi connectivity index (χ3v) is 19.1. The highest BCUT2D eigenvalue weighted by Crippen LogP contribution is 2.53. The van der Waals surface area contributed by atoms with Crippen LogP contribution in [0.1, 0.15) is 35.4 Å². The molecule has 18 rings (SSSR count). The second kappa shape index (κ2) is 20.7. The number of anilines is 2. The standard InChI is InChI=1S/C86H57NO2/c1-4-18-54(19-5-1)56-36-40-58(41-37-56)65-28-14-32-73-75-34-16-30-67(85(75)88-83(65)73)62-46-50-79-77(52-62)78-53-63(68-31-17-35-76-74-33-15-29-66(84(74)89-86(68)76)59-42-38-57(39-43-59)55-20-6-2-7-21-55)47-51-80(78)87(79)64-48-44-61(45-49-64)82-71-26-12-10-24-69(71)81(60-22-8-3-9-23-60)70-25-11-13-27-72(70)82/h1-6,8-20,22-53,78,80H,7,21H2. The van der Waals surface area contributed by atoms with E-state index in [-0.39, 0.29) is 12.0 Å². The first-order valence-corrected chi connectivity index (χ1v) is 31.1. The number of para-hydroxylation sites is 4. The SMILES string of the molecule is C1=CCCC(c2ccc(-c3cccc4c3oc3c(C5=CC6c7cc(-c8cccc9c8oc8c(-c%10ccc(-c%11ccccc%11)cc%10)cccc89)ccc7N(c7ccc(-c8c9ccccc9c(-c9ccccc9)c9ccccc89)cc7)C6C=C5)cccc34)cc2)=C1. The molecular formula is C86H57NO2. The molecule has 13 aromatic carbocycles. The van der Waals surface area contributed by atoms with Gasteiger partial charge in [0.1, 0.15) is 22.3 Å². The van der Waals surface area contributed by atoms with E-state index in [1.807, 2.05) is 0 Å². The summed E-state index contributed by atoms with van der Waals surface area (Å²) in [4.78, 5) is 2.56. The minimum absolute atomic E-state index is 0.00402. The summed E-state index contributed by atoms with van der Waals surface area (Å²) < 4.78 is 14.3. The first kappa shape index (κ1) is 51.0. The molecule has 3 nitrogen and oxygen atoms in total. The summed E-state index contributed by atoms with van der Waals surface area (Å²) in [5, 5.41) is 9.43. The molecule has 2 unspecified atom stereocenters. The highest BCUT2D eigenvalue weighted by Gasteiger charge is 2.39. The molecule has 0 bridgehead atoms. The van der Waals surface area contributed by atoms with Crippen LogP contribution in [0.25, 0.3) is 143 Å². The third-order valence-electron chi connectivity index (χ3n) is 19.1. The van der Waals surface area contributed by atoms with E-state index in [1.165, 1.54) is 77.3 Å². The highest BCUT2D eigenvalue weighted by molar-refractivity contribution is 6.22. The maximum absolute atomic E-state index is 7.16. The molecule has 0 amide bonds. The molecule has 2 aromatic heterocycles. The molecule has 418 valence electrons. The molecule has 2 aliphatic carbocycles. The topological polar surface area (TPSA) is 29.5 Å². The van der Waals surface area contributed by atoms with Gasteiger partial charge in [-0.15, -0.1) is 0 Å². The van der Waals surface area contributed by atoms with Gasteiger partial charge in [-0.2, -0.15) is 0 Å². The van der Waals surface area contributed by atoms with Gasteiger partial charge in [-0.1, -0.05) is 285 Å². The fraction of sp³-hybridized carbons (Fsp3) is 0.0465. The Morgan fingerprint density at radius 2 is 0.775 bits per heavy atom. The van der Waals surface area contributed by atoms with E-state index in [2.05, 4.69) is 314 Å². The van der Waals surface area contributed by atoms with Gasteiger partial charge < -0.3 is 13.7 Å². The van der Waals surface area contributed by atoms with Gasteiger partial charge in [0, 0.05) is 61.1 Å². The average molecular weight is 1140 g/mol. The fourth-order valence-electron chi connectivity index (χ4n) is 14.9. The minimum atomic E-state index is 0.00402. The number of allylic oxidation sites excluding steroid dienone is 6. The van der Waals surface area contributed by atoms with Crippen LogP contribution in [0.15, 0.2) is 318 Å². The molecule has 3 heterocycles. The van der Waals surface area contributed by atoms with Crippen molar-refractivity contribution in [3.05, 3.63) is 326 Å². The van der Waals surface area contributed by atoms with Crippen LogP contribution < -0.4 is 4.90 Å². The van der Waals surface area contributed by atoms with Crippen molar-refractivity contribution in [1.29, 1.82) is 0 Å². The lowest BCUT2D eigenvalue weighted by atomic mass is 9.85. The first-order valence-electron chi connectivity index (χ1n) is 31.1. The zero-order chi connectivity index (χ0) is 58.5. The Hall–Kier alpha value is -11.3. The van der Waals surface area contributed by atoms with Crippen LogP contribution in [-0.2, 0) is 0 Å².